The molecule has 0 saturated heterocycles. The largest absolute Gasteiger partial charge is 0.394 e. The topological polar surface area (TPSA) is 236 Å². The lowest BCUT2D eigenvalue weighted by molar-refractivity contribution is -0.136. The number of carbonyl (C=O) groups is 2. The van der Waals surface area contributed by atoms with Gasteiger partial charge < -0.3 is 60.7 Å². The molecule has 12 heteroatoms. The standard InChI is InChI=1S/2C6H12O6/c2*7-1-3(9)5(11)6(12)4(10)2-8/h2*1,3-6,8-12H,2H2/t2*3-,4-,5-,6+/m10/s1. The van der Waals surface area contributed by atoms with Crippen molar-refractivity contribution in [3.8, 4) is 0 Å². The van der Waals surface area contributed by atoms with Crippen LogP contribution in [0.2, 0.25) is 0 Å². The van der Waals surface area contributed by atoms with E-state index in [4.69, 9.17) is 51.1 Å². The van der Waals surface area contributed by atoms with E-state index >= 15 is 0 Å². The van der Waals surface area contributed by atoms with Crippen LogP contribution in [0.15, 0.2) is 0 Å². The molecule has 0 aliphatic rings. The molecule has 144 valence electrons. The van der Waals surface area contributed by atoms with Crippen molar-refractivity contribution in [2.24, 2.45) is 0 Å². The average molecular weight is 360 g/mol. The monoisotopic (exact) mass is 360 g/mol. The van der Waals surface area contributed by atoms with Gasteiger partial charge in [0.25, 0.3) is 0 Å². The van der Waals surface area contributed by atoms with E-state index in [1.165, 1.54) is 0 Å². The summed E-state index contributed by atoms with van der Waals surface area (Å²) in [6.45, 7) is -1.52. The van der Waals surface area contributed by atoms with Gasteiger partial charge in [0.05, 0.1) is 13.2 Å². The Morgan fingerprint density at radius 3 is 0.958 bits per heavy atom. The number of aliphatic hydroxyl groups excluding tert-OH is 10. The lowest BCUT2D eigenvalue weighted by atomic mass is 10.0. The van der Waals surface area contributed by atoms with Gasteiger partial charge in [0, 0.05) is 0 Å². The highest BCUT2D eigenvalue weighted by Gasteiger charge is 2.30. The smallest absolute Gasteiger partial charge is 0.151 e. The minimum Gasteiger partial charge on any atom is -0.394 e. The van der Waals surface area contributed by atoms with Gasteiger partial charge >= 0.3 is 0 Å². The molecular weight excluding hydrogens is 336 g/mol. The average Bonchev–Trinajstić information content (AvgIpc) is 2.62. The highest BCUT2D eigenvalue weighted by molar-refractivity contribution is 5.57. The first kappa shape index (κ1) is 25.2. The lowest BCUT2D eigenvalue weighted by Crippen LogP contribution is -2.46. The van der Waals surface area contributed by atoms with Gasteiger partial charge in [0.2, 0.25) is 0 Å². The first-order chi connectivity index (χ1) is 11.1. The molecule has 0 aromatic carbocycles. The van der Waals surface area contributed by atoms with E-state index in [-0.39, 0.29) is 12.6 Å². The van der Waals surface area contributed by atoms with Crippen molar-refractivity contribution in [1.82, 2.24) is 0 Å². The Morgan fingerprint density at radius 1 is 0.542 bits per heavy atom. The van der Waals surface area contributed by atoms with Gasteiger partial charge in [0.1, 0.15) is 48.8 Å². The van der Waals surface area contributed by atoms with E-state index in [0.717, 1.165) is 0 Å². The Labute approximate surface area is 136 Å². The third-order valence-electron chi connectivity index (χ3n) is 2.84. The number of hydrogen-bond donors (Lipinski definition) is 10. The van der Waals surface area contributed by atoms with Crippen LogP contribution in [0, 0.1) is 0 Å². The fourth-order valence-corrected chi connectivity index (χ4v) is 1.24. The van der Waals surface area contributed by atoms with Crippen molar-refractivity contribution in [2.75, 3.05) is 13.2 Å². The van der Waals surface area contributed by atoms with E-state index in [0.29, 0.717) is 0 Å². The van der Waals surface area contributed by atoms with E-state index in [1.807, 2.05) is 0 Å². The van der Waals surface area contributed by atoms with Crippen molar-refractivity contribution in [3.05, 3.63) is 0 Å². The van der Waals surface area contributed by atoms with E-state index in [2.05, 4.69) is 0 Å². The molecule has 0 saturated carbocycles. The molecule has 10 N–H and O–H groups in total. The van der Waals surface area contributed by atoms with Gasteiger partial charge in [-0.15, -0.1) is 0 Å². The normalized spacial score (nSPS) is 21.1. The Morgan fingerprint density at radius 2 is 0.792 bits per heavy atom. The summed E-state index contributed by atoms with van der Waals surface area (Å²) < 4.78 is 0. The van der Waals surface area contributed by atoms with Crippen LogP contribution >= 0.6 is 0 Å². The number of rotatable bonds is 10. The van der Waals surface area contributed by atoms with Crippen molar-refractivity contribution in [3.63, 3.8) is 0 Å². The second kappa shape index (κ2) is 13.3. The maximum absolute atomic E-state index is 9.90. The predicted molar refractivity (Wildman–Crippen MR) is 74.4 cm³/mol. The van der Waals surface area contributed by atoms with Crippen LogP contribution < -0.4 is 0 Å². The summed E-state index contributed by atoms with van der Waals surface area (Å²) in [5.74, 6) is 0. The SMILES string of the molecule is O=C[C@@H](O)[C@@H](O)[C@@H](O)[C@H](O)CO.O=C[C@H](O)[C@H](O)[C@H](O)[C@@H](O)CO. The fraction of sp³-hybridized carbons (Fsp3) is 0.833. The summed E-state index contributed by atoms with van der Waals surface area (Å²) in [5, 5.41) is 87.1. The Hall–Kier alpha value is -1.06. The van der Waals surface area contributed by atoms with Crippen LogP contribution in [0.5, 0.6) is 0 Å². The van der Waals surface area contributed by atoms with Gasteiger partial charge in [-0.05, 0) is 0 Å². The number of hydrogen-bond acceptors (Lipinski definition) is 12. The van der Waals surface area contributed by atoms with Crippen LogP contribution in [0.1, 0.15) is 0 Å². The Balaban J connectivity index is 0. The molecule has 0 aliphatic carbocycles. The minimum absolute atomic E-state index is 0.0258. The second-order valence-electron chi connectivity index (χ2n) is 4.72. The first-order valence-corrected chi connectivity index (χ1v) is 6.65. The second-order valence-corrected chi connectivity index (χ2v) is 4.72. The molecule has 0 bridgehead atoms. The summed E-state index contributed by atoms with van der Waals surface area (Å²) in [6.07, 6.45) is -13.7. The lowest BCUT2D eigenvalue weighted by Gasteiger charge is -2.22. The van der Waals surface area contributed by atoms with Crippen LogP contribution in [-0.4, -0.2) is 126 Å². The summed E-state index contributed by atoms with van der Waals surface area (Å²) in [5.41, 5.74) is 0. The van der Waals surface area contributed by atoms with E-state index < -0.39 is 62.0 Å². The third kappa shape index (κ3) is 8.70. The minimum atomic E-state index is -1.79. The summed E-state index contributed by atoms with van der Waals surface area (Å²) in [7, 11) is 0. The Bertz CT molecular complexity index is 308. The highest BCUT2D eigenvalue weighted by Crippen LogP contribution is 2.03. The molecule has 8 atom stereocenters. The maximum atomic E-state index is 9.90. The predicted octanol–water partition coefficient (Wildman–Crippen LogP) is -6.76. The summed E-state index contributed by atoms with van der Waals surface area (Å²) in [4.78, 5) is 19.8. The van der Waals surface area contributed by atoms with Crippen LogP contribution in [-0.2, 0) is 9.59 Å². The summed E-state index contributed by atoms with van der Waals surface area (Å²) in [6, 6.07) is 0. The van der Waals surface area contributed by atoms with Gasteiger partial charge in [-0.3, -0.25) is 0 Å². The number of aliphatic hydroxyl groups is 10. The van der Waals surface area contributed by atoms with E-state index in [1.54, 1.807) is 0 Å². The van der Waals surface area contributed by atoms with Crippen LogP contribution in [0.3, 0.4) is 0 Å². The van der Waals surface area contributed by atoms with Gasteiger partial charge in [-0.25, -0.2) is 0 Å². The first-order valence-electron chi connectivity index (χ1n) is 6.65. The van der Waals surface area contributed by atoms with Crippen molar-refractivity contribution >= 4 is 12.6 Å². The molecule has 0 aliphatic heterocycles. The van der Waals surface area contributed by atoms with Crippen molar-refractivity contribution in [2.45, 2.75) is 48.8 Å². The van der Waals surface area contributed by atoms with Gasteiger partial charge in [-0.1, -0.05) is 0 Å². The molecule has 0 rings (SSSR count). The maximum Gasteiger partial charge on any atom is 0.151 e. The fourth-order valence-electron chi connectivity index (χ4n) is 1.24. The van der Waals surface area contributed by atoms with Gasteiger partial charge in [0.15, 0.2) is 12.6 Å². The third-order valence-corrected chi connectivity index (χ3v) is 2.84. The van der Waals surface area contributed by atoms with Crippen molar-refractivity contribution < 1.29 is 60.7 Å². The van der Waals surface area contributed by atoms with Gasteiger partial charge in [-0.2, -0.15) is 0 Å². The molecule has 0 amide bonds. The molecule has 0 aromatic rings. The quantitative estimate of drug-likeness (QED) is 0.164. The summed E-state index contributed by atoms with van der Waals surface area (Å²) >= 11 is 0. The molecule has 0 unspecified atom stereocenters. The van der Waals surface area contributed by atoms with Crippen LogP contribution in [0.4, 0.5) is 0 Å². The zero-order valence-corrected chi connectivity index (χ0v) is 12.5. The molecule has 12 nitrogen and oxygen atoms in total. The number of aldehydes is 2. The zero-order chi connectivity index (χ0) is 19.4. The van der Waals surface area contributed by atoms with Crippen LogP contribution in [0.25, 0.3) is 0 Å². The molecule has 0 spiro atoms. The van der Waals surface area contributed by atoms with E-state index in [9.17, 15) is 9.59 Å². The molecule has 0 fully saturated rings. The molecule has 0 aromatic heterocycles. The Kier molecular flexibility index (Phi) is 13.9. The molecular formula is C12H24O12. The van der Waals surface area contributed by atoms with Crippen molar-refractivity contribution in [1.29, 1.82) is 0 Å². The zero-order valence-electron chi connectivity index (χ0n) is 12.5. The molecule has 0 heterocycles. The number of carbonyl (C=O) groups excluding carboxylic acids is 2. The molecule has 24 heavy (non-hydrogen) atoms. The molecule has 0 radical (unpaired) electrons. The highest BCUT2D eigenvalue weighted by atomic mass is 16.4.